The Morgan fingerprint density at radius 1 is 1.23 bits per heavy atom. The number of benzene rings is 1. The van der Waals surface area contributed by atoms with Crippen molar-refractivity contribution in [3.63, 3.8) is 0 Å². The fourth-order valence-electron chi connectivity index (χ4n) is 4.04. The van der Waals surface area contributed by atoms with Crippen molar-refractivity contribution >= 4 is 11.8 Å². The van der Waals surface area contributed by atoms with Gasteiger partial charge in [-0.2, -0.15) is 18.3 Å². The standard InChI is InChI=1S/C20H24F3N5O2/c1-2-28-18(5-7-24-28)25-19(29)27-10-8-26(9-11-27)16-6-12-30-17-13-14(20(21,22)23)3-4-15(16)17/h3-5,7,13,16H,2,6,8-12H2,1H3,(H,25,29). The number of alkyl halides is 3. The maximum absolute atomic E-state index is 13.0. The van der Waals surface area contributed by atoms with Gasteiger partial charge in [-0.1, -0.05) is 6.07 Å². The number of piperazine rings is 1. The van der Waals surface area contributed by atoms with Gasteiger partial charge >= 0.3 is 12.2 Å². The van der Waals surface area contributed by atoms with Crippen molar-refractivity contribution in [3.8, 4) is 5.75 Å². The number of ether oxygens (including phenoxy) is 1. The summed E-state index contributed by atoms with van der Waals surface area (Å²) in [4.78, 5) is 16.5. The summed E-state index contributed by atoms with van der Waals surface area (Å²) < 4.78 is 46.2. The van der Waals surface area contributed by atoms with Crippen LogP contribution >= 0.6 is 0 Å². The van der Waals surface area contributed by atoms with Crippen molar-refractivity contribution in [2.75, 3.05) is 38.1 Å². The quantitative estimate of drug-likeness (QED) is 0.820. The molecule has 7 nitrogen and oxygen atoms in total. The van der Waals surface area contributed by atoms with Crippen LogP contribution in [0.15, 0.2) is 30.5 Å². The zero-order valence-electron chi connectivity index (χ0n) is 16.7. The molecule has 1 unspecified atom stereocenters. The molecule has 2 amide bonds. The Morgan fingerprint density at radius 3 is 2.70 bits per heavy atom. The number of rotatable bonds is 3. The van der Waals surface area contributed by atoms with E-state index in [0.717, 1.165) is 17.7 Å². The Bertz CT molecular complexity index is 906. The van der Waals surface area contributed by atoms with Gasteiger partial charge in [0.15, 0.2) is 0 Å². The lowest BCUT2D eigenvalue weighted by atomic mass is 9.96. The highest BCUT2D eigenvalue weighted by Crippen LogP contribution is 2.40. The number of urea groups is 1. The van der Waals surface area contributed by atoms with Gasteiger partial charge in [0.2, 0.25) is 0 Å². The first-order valence-electron chi connectivity index (χ1n) is 10.0. The highest BCUT2D eigenvalue weighted by Gasteiger charge is 2.35. The number of carbonyl (C=O) groups excluding carboxylic acids is 1. The molecule has 0 spiro atoms. The third kappa shape index (κ3) is 4.09. The van der Waals surface area contributed by atoms with Crippen LogP contribution in [0.3, 0.4) is 0 Å². The average Bonchev–Trinajstić information content (AvgIpc) is 3.19. The first-order chi connectivity index (χ1) is 14.4. The van der Waals surface area contributed by atoms with Crippen LogP contribution in [-0.2, 0) is 12.7 Å². The maximum Gasteiger partial charge on any atom is 0.416 e. The molecule has 1 atom stereocenters. The van der Waals surface area contributed by atoms with Crippen molar-refractivity contribution in [2.45, 2.75) is 32.1 Å². The zero-order valence-corrected chi connectivity index (χ0v) is 16.7. The molecule has 162 valence electrons. The van der Waals surface area contributed by atoms with E-state index in [2.05, 4.69) is 15.3 Å². The summed E-state index contributed by atoms with van der Waals surface area (Å²) in [6.45, 7) is 5.36. The van der Waals surface area contributed by atoms with E-state index in [0.29, 0.717) is 57.3 Å². The lowest BCUT2D eigenvalue weighted by Gasteiger charge is -2.41. The van der Waals surface area contributed by atoms with Crippen LogP contribution in [0.4, 0.5) is 23.8 Å². The van der Waals surface area contributed by atoms with Gasteiger partial charge in [0.1, 0.15) is 11.6 Å². The monoisotopic (exact) mass is 423 g/mol. The van der Waals surface area contributed by atoms with Crippen LogP contribution in [0.2, 0.25) is 0 Å². The van der Waals surface area contributed by atoms with Gasteiger partial charge in [-0.15, -0.1) is 0 Å². The van der Waals surface area contributed by atoms with Crippen molar-refractivity contribution < 1.29 is 22.7 Å². The molecule has 30 heavy (non-hydrogen) atoms. The van der Waals surface area contributed by atoms with Crippen molar-refractivity contribution in [1.82, 2.24) is 19.6 Å². The number of amides is 2. The van der Waals surface area contributed by atoms with E-state index in [1.165, 1.54) is 6.07 Å². The maximum atomic E-state index is 13.0. The molecule has 0 aliphatic carbocycles. The number of fused-ring (bicyclic) bond motifs is 1. The fourth-order valence-corrected chi connectivity index (χ4v) is 4.04. The fraction of sp³-hybridized carbons (Fsp3) is 0.500. The Labute approximate surface area is 172 Å². The largest absolute Gasteiger partial charge is 0.493 e. The SMILES string of the molecule is CCn1nccc1NC(=O)N1CCN(C2CCOc3cc(C(F)(F)F)ccc32)CC1. The lowest BCUT2D eigenvalue weighted by molar-refractivity contribution is -0.137. The molecule has 0 bridgehead atoms. The van der Waals surface area contributed by atoms with Crippen molar-refractivity contribution in [2.24, 2.45) is 0 Å². The second-order valence-electron chi connectivity index (χ2n) is 7.39. The van der Waals surface area contributed by atoms with Gasteiger partial charge in [0, 0.05) is 56.8 Å². The van der Waals surface area contributed by atoms with Crippen LogP contribution < -0.4 is 10.1 Å². The molecule has 3 heterocycles. The molecule has 2 aromatic rings. The number of halogens is 3. The minimum Gasteiger partial charge on any atom is -0.493 e. The van der Waals surface area contributed by atoms with Crippen molar-refractivity contribution in [3.05, 3.63) is 41.6 Å². The van der Waals surface area contributed by atoms with Gasteiger partial charge in [0.25, 0.3) is 0 Å². The Morgan fingerprint density at radius 2 is 2.00 bits per heavy atom. The molecular weight excluding hydrogens is 399 g/mol. The van der Waals surface area contributed by atoms with Gasteiger partial charge in [0.05, 0.1) is 18.4 Å². The first kappa shape index (κ1) is 20.5. The summed E-state index contributed by atoms with van der Waals surface area (Å²) in [6.07, 6.45) is -2.04. The van der Waals surface area contributed by atoms with Crippen LogP contribution in [-0.4, -0.2) is 58.4 Å². The highest BCUT2D eigenvalue weighted by atomic mass is 19.4. The second-order valence-corrected chi connectivity index (χ2v) is 7.39. The smallest absolute Gasteiger partial charge is 0.416 e. The Kier molecular flexibility index (Phi) is 5.59. The molecule has 2 aliphatic rings. The summed E-state index contributed by atoms with van der Waals surface area (Å²) in [6, 6.07) is 5.29. The third-order valence-electron chi connectivity index (χ3n) is 5.64. The van der Waals surface area contributed by atoms with Gasteiger partial charge in [-0.05, 0) is 19.1 Å². The molecule has 1 fully saturated rings. The zero-order chi connectivity index (χ0) is 21.3. The van der Waals surface area contributed by atoms with E-state index in [1.807, 2.05) is 6.92 Å². The molecule has 2 aliphatic heterocycles. The van der Waals surface area contributed by atoms with E-state index in [4.69, 9.17) is 4.74 Å². The summed E-state index contributed by atoms with van der Waals surface area (Å²) in [7, 11) is 0. The van der Waals surface area contributed by atoms with E-state index in [1.54, 1.807) is 21.8 Å². The number of nitrogens with one attached hydrogen (secondary N) is 1. The predicted molar refractivity (Wildman–Crippen MR) is 104 cm³/mol. The Hall–Kier alpha value is -2.75. The molecule has 1 aromatic heterocycles. The topological polar surface area (TPSA) is 62.6 Å². The van der Waals surface area contributed by atoms with Crippen LogP contribution in [0.5, 0.6) is 5.75 Å². The van der Waals surface area contributed by atoms with Gasteiger partial charge in [-0.25, -0.2) is 9.48 Å². The summed E-state index contributed by atoms with van der Waals surface area (Å²) in [5, 5.41) is 7.03. The van der Waals surface area contributed by atoms with E-state index >= 15 is 0 Å². The average molecular weight is 423 g/mol. The molecule has 0 saturated carbocycles. The number of nitrogens with zero attached hydrogens (tertiary/aromatic N) is 4. The molecule has 1 saturated heterocycles. The Balaban J connectivity index is 1.40. The number of aromatic nitrogens is 2. The van der Waals surface area contributed by atoms with E-state index in [9.17, 15) is 18.0 Å². The number of aryl methyl sites for hydroxylation is 1. The summed E-state index contributed by atoms with van der Waals surface area (Å²) >= 11 is 0. The lowest BCUT2D eigenvalue weighted by Crippen LogP contribution is -2.51. The second kappa shape index (κ2) is 8.17. The summed E-state index contributed by atoms with van der Waals surface area (Å²) in [5.41, 5.74) is 0.0775. The molecule has 4 rings (SSSR count). The van der Waals surface area contributed by atoms with Crippen LogP contribution in [0, 0.1) is 0 Å². The number of carbonyl (C=O) groups is 1. The van der Waals surface area contributed by atoms with E-state index in [-0.39, 0.29) is 12.1 Å². The van der Waals surface area contributed by atoms with Crippen molar-refractivity contribution in [1.29, 1.82) is 0 Å². The van der Waals surface area contributed by atoms with Crippen LogP contribution in [0.1, 0.15) is 30.5 Å². The molecule has 1 N–H and O–H groups in total. The van der Waals surface area contributed by atoms with Gasteiger partial charge in [-0.3, -0.25) is 10.2 Å². The molecule has 0 radical (unpaired) electrons. The number of anilines is 1. The molecule has 10 heteroatoms. The number of hydrogen-bond acceptors (Lipinski definition) is 4. The first-order valence-corrected chi connectivity index (χ1v) is 10.0. The minimum atomic E-state index is -4.39. The molecule has 1 aromatic carbocycles. The normalized spacial score (nSPS) is 19.9. The van der Waals surface area contributed by atoms with Crippen LogP contribution in [0.25, 0.3) is 0 Å². The molecular formula is C20H24F3N5O2. The third-order valence-corrected chi connectivity index (χ3v) is 5.64. The van der Waals surface area contributed by atoms with E-state index < -0.39 is 11.7 Å². The minimum absolute atomic E-state index is 0.0113. The number of hydrogen-bond donors (Lipinski definition) is 1. The summed E-state index contributed by atoms with van der Waals surface area (Å²) in [5.74, 6) is 0.956. The van der Waals surface area contributed by atoms with Gasteiger partial charge < -0.3 is 9.64 Å². The highest BCUT2D eigenvalue weighted by molar-refractivity contribution is 5.88. The predicted octanol–water partition coefficient (Wildman–Crippen LogP) is 3.60.